The summed E-state index contributed by atoms with van der Waals surface area (Å²) < 4.78 is 65.6. The Balaban J connectivity index is 0.00000304. The van der Waals surface area contributed by atoms with E-state index in [1.165, 1.54) is 0 Å². The molecule has 0 spiro atoms. The van der Waals surface area contributed by atoms with E-state index in [0.29, 0.717) is 29.9 Å². The van der Waals surface area contributed by atoms with E-state index >= 15 is 0 Å². The lowest BCUT2D eigenvalue weighted by Gasteiger charge is -2.19. The topological polar surface area (TPSA) is 84.9 Å². The van der Waals surface area contributed by atoms with Crippen molar-refractivity contribution in [2.45, 2.75) is 24.4 Å². The van der Waals surface area contributed by atoms with E-state index < -0.39 is 40.4 Å². The second kappa shape index (κ2) is 8.00. The summed E-state index contributed by atoms with van der Waals surface area (Å²) in [6.07, 6.45) is -3.67. The number of carboxylic acid groups (broad SMARTS) is 1. The van der Waals surface area contributed by atoms with Crippen LogP contribution in [0.1, 0.15) is 35.8 Å². The highest BCUT2D eigenvalue weighted by atomic mass is 19.4. The molecular weight excluding hydrogens is 470 g/mol. The Labute approximate surface area is 197 Å². The van der Waals surface area contributed by atoms with Gasteiger partial charge in [-0.3, -0.25) is 4.79 Å². The van der Waals surface area contributed by atoms with E-state index in [-0.39, 0.29) is 25.0 Å². The Morgan fingerprint density at radius 1 is 0.971 bits per heavy atom. The van der Waals surface area contributed by atoms with Crippen molar-refractivity contribution in [3.63, 3.8) is 0 Å². The molecule has 182 valence electrons. The van der Waals surface area contributed by atoms with E-state index in [0.717, 1.165) is 36.4 Å². The third-order valence-electron chi connectivity index (χ3n) is 6.20. The Bertz CT molecular complexity index is 1370. The number of benzene rings is 3. The van der Waals surface area contributed by atoms with Gasteiger partial charge in [0, 0.05) is 7.11 Å². The number of carbonyl (C=O) groups excluding carboxylic acids is 1. The van der Waals surface area contributed by atoms with Gasteiger partial charge in [-0.1, -0.05) is 12.1 Å². The predicted octanol–water partition coefficient (Wildman–Crippen LogP) is 5.85. The first-order valence-corrected chi connectivity index (χ1v) is 10.5. The molecule has 1 aliphatic heterocycles. The van der Waals surface area contributed by atoms with E-state index in [1.807, 2.05) is 0 Å². The van der Waals surface area contributed by atoms with Gasteiger partial charge in [-0.05, 0) is 72.0 Å². The largest absolute Gasteiger partial charge is 0.478 e. The van der Waals surface area contributed by atoms with Gasteiger partial charge in [0.15, 0.2) is 11.5 Å². The second-order valence-electron chi connectivity index (χ2n) is 8.36. The fourth-order valence-electron chi connectivity index (χ4n) is 4.18. The first-order valence-electron chi connectivity index (χ1n) is 10.5. The molecule has 6 nitrogen and oxygen atoms in total. The molecule has 0 saturated heterocycles. The first-order chi connectivity index (χ1) is 16.6. The summed E-state index contributed by atoms with van der Waals surface area (Å²) in [5.74, 6) is -1.99. The van der Waals surface area contributed by atoms with Crippen molar-refractivity contribution in [3.8, 4) is 22.6 Å². The molecule has 1 amide bonds. The number of fused-ring (bicyclic) bond motifs is 1. The van der Waals surface area contributed by atoms with Crippen molar-refractivity contribution in [2.75, 3.05) is 12.1 Å². The minimum absolute atomic E-state index is 0. The molecule has 0 radical (unpaired) electrons. The summed E-state index contributed by atoms with van der Waals surface area (Å²) >= 11 is 0. The van der Waals surface area contributed by atoms with E-state index in [4.69, 9.17) is 14.6 Å². The number of nitrogens with one attached hydrogen (secondary N) is 1. The number of ether oxygens (including phenoxy) is 2. The van der Waals surface area contributed by atoms with Gasteiger partial charge in [0.1, 0.15) is 5.82 Å². The van der Waals surface area contributed by atoms with Crippen LogP contribution in [-0.4, -0.2) is 23.8 Å². The maximum absolute atomic E-state index is 13.8. The minimum Gasteiger partial charge on any atom is -0.478 e. The van der Waals surface area contributed by atoms with Crippen LogP contribution in [0.25, 0.3) is 11.1 Å². The van der Waals surface area contributed by atoms with Crippen LogP contribution in [0.5, 0.6) is 11.5 Å². The molecule has 5 rings (SSSR count). The standard InChI is InChI=1S/C25H17F4NO5.H2/c26-19-5-1-13(9-17(19)22(31)32)16-11-15(3-4-18(16)25(27,28)29)30-23(33)24(7-8-24)14-2-6-20-21(10-14)35-12-34-20;/h1-6,9-11H,7-8,12H2,(H,30,33)(H,31,32);1H. The third kappa shape index (κ3) is 4.05. The van der Waals surface area contributed by atoms with Crippen LogP contribution < -0.4 is 14.8 Å². The average Bonchev–Trinajstić information content (AvgIpc) is 3.49. The Morgan fingerprint density at radius 3 is 2.40 bits per heavy atom. The highest BCUT2D eigenvalue weighted by Gasteiger charge is 2.51. The normalized spacial score (nSPS) is 15.5. The van der Waals surface area contributed by atoms with Crippen molar-refractivity contribution in [1.29, 1.82) is 0 Å². The number of anilines is 1. The first kappa shape index (κ1) is 22.7. The van der Waals surface area contributed by atoms with Gasteiger partial charge in [-0.2, -0.15) is 13.2 Å². The maximum Gasteiger partial charge on any atom is 0.417 e. The van der Waals surface area contributed by atoms with Crippen LogP contribution in [0.15, 0.2) is 54.6 Å². The van der Waals surface area contributed by atoms with Crippen LogP contribution in [0.2, 0.25) is 0 Å². The molecule has 1 fully saturated rings. The number of hydrogen-bond acceptors (Lipinski definition) is 4. The monoisotopic (exact) mass is 489 g/mol. The molecule has 2 aliphatic rings. The lowest BCUT2D eigenvalue weighted by Crippen LogP contribution is -2.27. The molecule has 3 aromatic rings. The van der Waals surface area contributed by atoms with Gasteiger partial charge in [-0.25, -0.2) is 9.18 Å². The molecular formula is C25H19F4NO5. The van der Waals surface area contributed by atoms with Gasteiger partial charge in [0.25, 0.3) is 0 Å². The molecule has 35 heavy (non-hydrogen) atoms. The quantitative estimate of drug-likeness (QED) is 0.439. The fraction of sp³-hybridized carbons (Fsp3) is 0.200. The van der Waals surface area contributed by atoms with E-state index in [2.05, 4.69) is 5.32 Å². The number of halogens is 4. The van der Waals surface area contributed by atoms with Crippen LogP contribution in [0.3, 0.4) is 0 Å². The highest BCUT2D eigenvalue weighted by molar-refractivity contribution is 6.02. The number of carboxylic acids is 1. The number of rotatable bonds is 5. The smallest absolute Gasteiger partial charge is 0.417 e. The summed E-state index contributed by atoms with van der Waals surface area (Å²) in [5.41, 5.74) is -2.40. The van der Waals surface area contributed by atoms with Crippen LogP contribution in [-0.2, 0) is 16.4 Å². The van der Waals surface area contributed by atoms with Crippen molar-refractivity contribution in [3.05, 3.63) is 77.1 Å². The summed E-state index contributed by atoms with van der Waals surface area (Å²) in [7, 11) is 0. The van der Waals surface area contributed by atoms with Crippen molar-refractivity contribution in [1.82, 2.24) is 0 Å². The molecule has 3 aromatic carbocycles. The zero-order valence-corrected chi connectivity index (χ0v) is 17.9. The summed E-state index contributed by atoms with van der Waals surface area (Å²) in [4.78, 5) is 24.5. The SMILES string of the molecule is O=C(O)c1cc(-c2cc(NC(=O)C3(c4ccc5c(c4)OCO5)CC3)ccc2C(F)(F)F)ccc1F.[HH]. The Kier molecular flexibility index (Phi) is 5.19. The Morgan fingerprint density at radius 2 is 1.71 bits per heavy atom. The molecule has 1 saturated carbocycles. The number of alkyl halides is 3. The molecule has 10 heteroatoms. The third-order valence-corrected chi connectivity index (χ3v) is 6.20. The van der Waals surface area contributed by atoms with Gasteiger partial charge in [0.2, 0.25) is 12.7 Å². The number of hydrogen-bond donors (Lipinski definition) is 2. The highest BCUT2D eigenvalue weighted by Crippen LogP contribution is 2.51. The predicted molar refractivity (Wildman–Crippen MR) is 118 cm³/mol. The van der Waals surface area contributed by atoms with Gasteiger partial charge < -0.3 is 19.9 Å². The lowest BCUT2D eigenvalue weighted by atomic mass is 9.93. The van der Waals surface area contributed by atoms with Gasteiger partial charge in [0.05, 0.1) is 16.5 Å². The van der Waals surface area contributed by atoms with Crippen molar-refractivity contribution in [2.24, 2.45) is 0 Å². The fourth-order valence-corrected chi connectivity index (χ4v) is 4.18. The van der Waals surface area contributed by atoms with Gasteiger partial charge >= 0.3 is 12.1 Å². The molecule has 1 aliphatic carbocycles. The number of amides is 1. The summed E-state index contributed by atoms with van der Waals surface area (Å²) in [5, 5.41) is 11.8. The number of aromatic carboxylic acids is 1. The zero-order chi connectivity index (χ0) is 25.0. The van der Waals surface area contributed by atoms with Crippen LogP contribution in [0, 0.1) is 5.82 Å². The molecule has 2 N–H and O–H groups in total. The average molecular weight is 489 g/mol. The molecule has 0 unspecified atom stereocenters. The van der Waals surface area contributed by atoms with Crippen molar-refractivity contribution < 1.29 is 43.2 Å². The molecule has 0 atom stereocenters. The minimum atomic E-state index is -4.76. The lowest BCUT2D eigenvalue weighted by molar-refractivity contribution is -0.137. The van der Waals surface area contributed by atoms with E-state index in [9.17, 15) is 27.2 Å². The van der Waals surface area contributed by atoms with E-state index in [1.54, 1.807) is 18.2 Å². The van der Waals surface area contributed by atoms with Crippen LogP contribution in [0.4, 0.5) is 23.2 Å². The summed E-state index contributed by atoms with van der Waals surface area (Å²) in [6, 6.07) is 10.9. The second-order valence-corrected chi connectivity index (χ2v) is 8.36. The molecule has 1 heterocycles. The van der Waals surface area contributed by atoms with Gasteiger partial charge in [-0.15, -0.1) is 0 Å². The zero-order valence-electron chi connectivity index (χ0n) is 17.9. The Hall–Kier alpha value is -4.08. The number of carbonyl (C=O) groups is 2. The maximum atomic E-state index is 13.8. The summed E-state index contributed by atoms with van der Waals surface area (Å²) in [6.45, 7) is 0.0826. The molecule has 0 bridgehead atoms. The molecule has 0 aromatic heterocycles. The van der Waals surface area contributed by atoms with Crippen LogP contribution >= 0.6 is 0 Å². The van der Waals surface area contributed by atoms with Crippen molar-refractivity contribution >= 4 is 17.6 Å².